The van der Waals surface area contributed by atoms with Crippen LogP contribution >= 0.6 is 23.8 Å². The maximum Gasteiger partial charge on any atom is 0.270 e. The monoisotopic (exact) mass is 432 g/mol. The molecule has 0 unspecified atom stereocenters. The molecule has 4 rings (SSSR count). The number of hydrogen-bond acceptors (Lipinski definition) is 3. The van der Waals surface area contributed by atoms with Gasteiger partial charge in [0.2, 0.25) is 0 Å². The third-order valence-electron chi connectivity index (χ3n) is 4.86. The number of hydrogen-bond donors (Lipinski definition) is 1. The highest BCUT2D eigenvalue weighted by atomic mass is 35.5. The highest BCUT2D eigenvalue weighted by Gasteiger charge is 2.34. The van der Waals surface area contributed by atoms with E-state index in [2.05, 4.69) is 24.4 Å². The lowest BCUT2D eigenvalue weighted by Crippen LogP contribution is -2.54. The fourth-order valence-electron chi connectivity index (χ4n) is 3.30. The summed E-state index contributed by atoms with van der Waals surface area (Å²) in [6.45, 7) is 2.06. The number of nitrogens with zero attached hydrogens (tertiary/aromatic N) is 1. The quantitative estimate of drug-likeness (QED) is 0.354. The number of carbonyl (C=O) groups excluding carboxylic acids is 2. The predicted molar refractivity (Wildman–Crippen MR) is 124 cm³/mol. The molecular weight excluding hydrogens is 416 g/mol. The summed E-state index contributed by atoms with van der Waals surface area (Å²) in [5.74, 6) is -0.993. The molecule has 0 radical (unpaired) electrons. The van der Waals surface area contributed by atoms with E-state index < -0.39 is 11.8 Å². The molecule has 0 aromatic heterocycles. The van der Waals surface area contributed by atoms with Crippen molar-refractivity contribution in [2.75, 3.05) is 4.90 Å². The van der Waals surface area contributed by atoms with E-state index in [1.807, 2.05) is 36.4 Å². The van der Waals surface area contributed by atoms with Gasteiger partial charge in [0.1, 0.15) is 5.57 Å². The van der Waals surface area contributed by atoms with Crippen molar-refractivity contribution >= 4 is 52.5 Å². The molecule has 1 N–H and O–H groups in total. The van der Waals surface area contributed by atoms with Crippen LogP contribution in [0.1, 0.15) is 11.1 Å². The molecule has 1 heterocycles. The van der Waals surface area contributed by atoms with Gasteiger partial charge in [0.15, 0.2) is 5.11 Å². The molecule has 30 heavy (non-hydrogen) atoms. The number of benzene rings is 3. The normalized spacial score (nSPS) is 15.5. The second kappa shape index (κ2) is 8.22. The van der Waals surface area contributed by atoms with Crippen LogP contribution in [0.25, 0.3) is 17.2 Å². The summed E-state index contributed by atoms with van der Waals surface area (Å²) >= 11 is 11.1. The molecule has 0 bridgehead atoms. The van der Waals surface area contributed by atoms with Crippen LogP contribution in [0.2, 0.25) is 5.02 Å². The maximum absolute atomic E-state index is 13.0. The summed E-state index contributed by atoms with van der Waals surface area (Å²) in [6.07, 6.45) is 1.57. The minimum absolute atomic E-state index is 0.0159. The van der Waals surface area contributed by atoms with Gasteiger partial charge in [-0.05, 0) is 71.7 Å². The standard InChI is InChI=1S/C24H17ClN2O2S/c1-15-4-2-3-5-20(15)17-8-6-16(7-9-17)14-21-22(28)26-24(30)27(23(21)29)19-12-10-18(25)11-13-19/h2-14H,1H3,(H,26,28,30)/b21-14-. The molecule has 2 amide bonds. The lowest BCUT2D eigenvalue weighted by molar-refractivity contribution is -0.122. The van der Waals surface area contributed by atoms with E-state index in [1.165, 1.54) is 10.5 Å². The SMILES string of the molecule is Cc1ccccc1-c1ccc(/C=C2/C(=O)NC(=S)N(c3ccc(Cl)cc3)C2=O)cc1. The lowest BCUT2D eigenvalue weighted by Gasteiger charge is -2.28. The first-order valence-electron chi connectivity index (χ1n) is 9.27. The Labute approximate surface area is 184 Å². The Bertz CT molecular complexity index is 1180. The van der Waals surface area contributed by atoms with Crippen molar-refractivity contribution in [2.45, 2.75) is 6.92 Å². The molecule has 6 heteroatoms. The zero-order chi connectivity index (χ0) is 21.3. The minimum atomic E-state index is -0.516. The molecule has 3 aromatic rings. The van der Waals surface area contributed by atoms with Crippen LogP contribution in [0.15, 0.2) is 78.4 Å². The molecule has 1 fully saturated rings. The molecule has 0 atom stereocenters. The first-order chi connectivity index (χ1) is 14.4. The van der Waals surface area contributed by atoms with E-state index in [1.54, 1.807) is 30.3 Å². The highest BCUT2D eigenvalue weighted by Crippen LogP contribution is 2.26. The largest absolute Gasteiger partial charge is 0.298 e. The van der Waals surface area contributed by atoms with Crippen LogP contribution in [0.4, 0.5) is 5.69 Å². The number of halogens is 1. The molecule has 148 valence electrons. The van der Waals surface area contributed by atoms with Gasteiger partial charge in [0.05, 0.1) is 5.69 Å². The van der Waals surface area contributed by atoms with Gasteiger partial charge in [-0.3, -0.25) is 19.8 Å². The molecule has 0 aliphatic carbocycles. The summed E-state index contributed by atoms with van der Waals surface area (Å²) in [5, 5.41) is 3.17. The first kappa shape index (κ1) is 20.0. The Morgan fingerprint density at radius 2 is 1.60 bits per heavy atom. The van der Waals surface area contributed by atoms with Crippen molar-refractivity contribution in [1.29, 1.82) is 0 Å². The molecule has 1 saturated heterocycles. The van der Waals surface area contributed by atoms with Crippen molar-refractivity contribution in [2.24, 2.45) is 0 Å². The van der Waals surface area contributed by atoms with E-state index >= 15 is 0 Å². The average Bonchev–Trinajstić information content (AvgIpc) is 2.73. The van der Waals surface area contributed by atoms with Gasteiger partial charge >= 0.3 is 0 Å². The van der Waals surface area contributed by atoms with Gasteiger partial charge in [0, 0.05) is 5.02 Å². The van der Waals surface area contributed by atoms with Crippen LogP contribution < -0.4 is 10.2 Å². The fraction of sp³-hybridized carbons (Fsp3) is 0.0417. The molecule has 1 aliphatic heterocycles. The van der Waals surface area contributed by atoms with E-state index in [0.717, 1.165) is 16.7 Å². The second-order valence-corrected chi connectivity index (χ2v) is 7.69. The van der Waals surface area contributed by atoms with Crippen molar-refractivity contribution < 1.29 is 9.59 Å². The van der Waals surface area contributed by atoms with E-state index in [0.29, 0.717) is 10.7 Å². The van der Waals surface area contributed by atoms with Gasteiger partial charge in [-0.1, -0.05) is 60.1 Å². The van der Waals surface area contributed by atoms with Crippen LogP contribution in [-0.4, -0.2) is 16.9 Å². The first-order valence-corrected chi connectivity index (χ1v) is 10.1. The number of anilines is 1. The summed E-state index contributed by atoms with van der Waals surface area (Å²) in [4.78, 5) is 26.8. The molecule has 0 saturated carbocycles. The van der Waals surface area contributed by atoms with Crippen molar-refractivity contribution in [3.8, 4) is 11.1 Å². The number of aryl methyl sites for hydroxylation is 1. The summed E-state index contributed by atoms with van der Waals surface area (Å²) in [6, 6.07) is 22.5. The summed E-state index contributed by atoms with van der Waals surface area (Å²) in [7, 11) is 0. The second-order valence-electron chi connectivity index (χ2n) is 6.87. The molecule has 1 aliphatic rings. The van der Waals surface area contributed by atoms with E-state index in [9.17, 15) is 9.59 Å². The molecular formula is C24H17ClN2O2S. The Morgan fingerprint density at radius 1 is 0.933 bits per heavy atom. The Morgan fingerprint density at radius 3 is 2.27 bits per heavy atom. The Hall–Kier alpha value is -3.28. The third kappa shape index (κ3) is 3.90. The van der Waals surface area contributed by atoms with Crippen molar-refractivity contribution in [1.82, 2.24) is 5.32 Å². The van der Waals surface area contributed by atoms with Gasteiger partial charge in [-0.2, -0.15) is 0 Å². The fourth-order valence-corrected chi connectivity index (χ4v) is 3.71. The van der Waals surface area contributed by atoms with Gasteiger partial charge in [0.25, 0.3) is 11.8 Å². The average molecular weight is 433 g/mol. The van der Waals surface area contributed by atoms with Gasteiger partial charge < -0.3 is 0 Å². The van der Waals surface area contributed by atoms with E-state index in [-0.39, 0.29) is 10.7 Å². The smallest absolute Gasteiger partial charge is 0.270 e. The molecule has 4 nitrogen and oxygen atoms in total. The van der Waals surface area contributed by atoms with Crippen LogP contribution in [-0.2, 0) is 9.59 Å². The third-order valence-corrected chi connectivity index (χ3v) is 5.40. The van der Waals surface area contributed by atoms with Crippen LogP contribution in [0.3, 0.4) is 0 Å². The predicted octanol–water partition coefficient (Wildman–Crippen LogP) is 5.15. The Balaban J connectivity index is 1.66. The summed E-state index contributed by atoms with van der Waals surface area (Å²) in [5.41, 5.74) is 4.69. The lowest BCUT2D eigenvalue weighted by atomic mass is 9.99. The topological polar surface area (TPSA) is 49.4 Å². The van der Waals surface area contributed by atoms with Gasteiger partial charge in [-0.15, -0.1) is 0 Å². The maximum atomic E-state index is 13.0. The highest BCUT2D eigenvalue weighted by molar-refractivity contribution is 7.80. The number of thiocarbonyl (C=S) groups is 1. The van der Waals surface area contributed by atoms with Gasteiger partial charge in [-0.25, -0.2) is 0 Å². The van der Waals surface area contributed by atoms with E-state index in [4.69, 9.17) is 23.8 Å². The number of nitrogens with one attached hydrogen (secondary N) is 1. The van der Waals surface area contributed by atoms with Crippen molar-refractivity contribution in [3.05, 3.63) is 94.5 Å². The Kier molecular flexibility index (Phi) is 5.48. The minimum Gasteiger partial charge on any atom is -0.298 e. The number of rotatable bonds is 3. The van der Waals surface area contributed by atoms with Crippen molar-refractivity contribution in [3.63, 3.8) is 0 Å². The van der Waals surface area contributed by atoms with Crippen LogP contribution in [0, 0.1) is 6.92 Å². The zero-order valence-corrected chi connectivity index (χ0v) is 17.6. The summed E-state index contributed by atoms with van der Waals surface area (Å²) < 4.78 is 0. The number of carbonyl (C=O) groups is 2. The number of amides is 2. The molecule has 0 spiro atoms. The molecule has 3 aromatic carbocycles. The van der Waals surface area contributed by atoms with Crippen LogP contribution in [0.5, 0.6) is 0 Å². The zero-order valence-electron chi connectivity index (χ0n) is 16.1.